The molecule has 0 aliphatic heterocycles. The molecule has 0 spiro atoms. The summed E-state index contributed by atoms with van der Waals surface area (Å²) in [6.07, 6.45) is 2.86. The summed E-state index contributed by atoms with van der Waals surface area (Å²) in [7, 11) is 0. The first-order chi connectivity index (χ1) is 9.40. The highest BCUT2D eigenvalue weighted by Crippen LogP contribution is 2.31. The van der Waals surface area contributed by atoms with Gasteiger partial charge in [-0.1, -0.05) is 72.8 Å². The van der Waals surface area contributed by atoms with E-state index in [1.165, 1.54) is 27.5 Å². The summed E-state index contributed by atoms with van der Waals surface area (Å²) in [6, 6.07) is 23.6. The SMILES string of the molecule is C=CCc1ccccc1-c1cccc2ccccc12. The van der Waals surface area contributed by atoms with Gasteiger partial charge in [-0.25, -0.2) is 0 Å². The first-order valence-electron chi connectivity index (χ1n) is 6.57. The molecule has 92 valence electrons. The van der Waals surface area contributed by atoms with Gasteiger partial charge in [0.2, 0.25) is 0 Å². The summed E-state index contributed by atoms with van der Waals surface area (Å²) in [6.45, 7) is 3.85. The van der Waals surface area contributed by atoms with Gasteiger partial charge in [-0.15, -0.1) is 6.58 Å². The van der Waals surface area contributed by atoms with Gasteiger partial charge in [0.15, 0.2) is 0 Å². The van der Waals surface area contributed by atoms with Crippen LogP contribution >= 0.6 is 0 Å². The molecule has 0 aliphatic carbocycles. The Morgan fingerprint density at radius 1 is 0.737 bits per heavy atom. The molecule has 0 aliphatic rings. The molecule has 0 unspecified atom stereocenters. The Hall–Kier alpha value is -2.34. The molecule has 0 aromatic heterocycles. The van der Waals surface area contributed by atoms with E-state index in [4.69, 9.17) is 0 Å². The van der Waals surface area contributed by atoms with Crippen molar-refractivity contribution in [3.8, 4) is 11.1 Å². The fourth-order valence-electron chi connectivity index (χ4n) is 2.58. The monoisotopic (exact) mass is 244 g/mol. The normalized spacial score (nSPS) is 10.5. The van der Waals surface area contributed by atoms with Gasteiger partial charge >= 0.3 is 0 Å². The minimum atomic E-state index is 0.902. The molecule has 3 aromatic rings. The standard InChI is InChI=1S/C19H16/c1-2-8-15-9-3-5-12-17(15)19-14-7-11-16-10-4-6-13-18(16)19/h2-7,9-14H,1,8H2. The van der Waals surface area contributed by atoms with Crippen molar-refractivity contribution < 1.29 is 0 Å². The van der Waals surface area contributed by atoms with Crippen molar-refractivity contribution in [2.24, 2.45) is 0 Å². The maximum Gasteiger partial charge on any atom is -0.00940 e. The molecule has 19 heavy (non-hydrogen) atoms. The van der Waals surface area contributed by atoms with Gasteiger partial charge in [-0.05, 0) is 33.9 Å². The van der Waals surface area contributed by atoms with E-state index in [2.05, 4.69) is 73.3 Å². The predicted molar refractivity (Wildman–Crippen MR) is 83.3 cm³/mol. The molecule has 0 bridgehead atoms. The smallest absolute Gasteiger partial charge is 0.00940 e. The predicted octanol–water partition coefficient (Wildman–Crippen LogP) is 5.24. The van der Waals surface area contributed by atoms with Gasteiger partial charge in [0.05, 0.1) is 0 Å². The molecule has 0 heteroatoms. The van der Waals surface area contributed by atoms with Crippen LogP contribution in [0, 0.1) is 0 Å². The van der Waals surface area contributed by atoms with Crippen molar-refractivity contribution in [3.63, 3.8) is 0 Å². The zero-order valence-corrected chi connectivity index (χ0v) is 10.8. The summed E-state index contributed by atoms with van der Waals surface area (Å²) in [5, 5.41) is 2.59. The van der Waals surface area contributed by atoms with Gasteiger partial charge in [0.1, 0.15) is 0 Å². The summed E-state index contributed by atoms with van der Waals surface area (Å²) in [5.74, 6) is 0. The second kappa shape index (κ2) is 5.11. The quantitative estimate of drug-likeness (QED) is 0.553. The fraction of sp³-hybridized carbons (Fsp3) is 0.0526. The van der Waals surface area contributed by atoms with Crippen LogP contribution in [0.1, 0.15) is 5.56 Å². The summed E-state index contributed by atoms with van der Waals surface area (Å²) in [5.41, 5.74) is 3.93. The van der Waals surface area contributed by atoms with E-state index in [1.54, 1.807) is 0 Å². The molecule has 0 amide bonds. The second-order valence-corrected chi connectivity index (χ2v) is 4.68. The Morgan fingerprint density at radius 2 is 1.42 bits per heavy atom. The topological polar surface area (TPSA) is 0 Å². The van der Waals surface area contributed by atoms with Crippen molar-refractivity contribution in [2.45, 2.75) is 6.42 Å². The van der Waals surface area contributed by atoms with Crippen molar-refractivity contribution in [1.29, 1.82) is 0 Å². The van der Waals surface area contributed by atoms with Crippen molar-refractivity contribution in [2.75, 3.05) is 0 Å². The molecule has 0 saturated heterocycles. The lowest BCUT2D eigenvalue weighted by Gasteiger charge is -2.11. The summed E-state index contributed by atoms with van der Waals surface area (Å²) >= 11 is 0. The first kappa shape index (κ1) is 11.7. The maximum atomic E-state index is 3.85. The van der Waals surface area contributed by atoms with Crippen LogP contribution in [0.15, 0.2) is 79.4 Å². The minimum Gasteiger partial charge on any atom is -0.103 e. The molecule has 3 aromatic carbocycles. The van der Waals surface area contributed by atoms with Crippen LogP contribution < -0.4 is 0 Å². The number of rotatable bonds is 3. The zero-order chi connectivity index (χ0) is 13.1. The third kappa shape index (κ3) is 2.17. The molecule has 0 saturated carbocycles. The van der Waals surface area contributed by atoms with Gasteiger partial charge in [-0.2, -0.15) is 0 Å². The number of allylic oxidation sites excluding steroid dienone is 1. The Balaban J connectivity index is 2.27. The average Bonchev–Trinajstić information content (AvgIpc) is 2.48. The van der Waals surface area contributed by atoms with E-state index in [0.29, 0.717) is 0 Å². The van der Waals surface area contributed by atoms with Gasteiger partial charge in [0, 0.05) is 0 Å². The van der Waals surface area contributed by atoms with Crippen molar-refractivity contribution in [1.82, 2.24) is 0 Å². The fourth-order valence-corrected chi connectivity index (χ4v) is 2.58. The highest BCUT2D eigenvalue weighted by Gasteiger charge is 2.06. The van der Waals surface area contributed by atoms with Gasteiger partial charge < -0.3 is 0 Å². The van der Waals surface area contributed by atoms with Crippen LogP contribution in [-0.2, 0) is 6.42 Å². The molecule has 0 fully saturated rings. The number of hydrogen-bond acceptors (Lipinski definition) is 0. The summed E-state index contributed by atoms with van der Waals surface area (Å²) in [4.78, 5) is 0. The van der Waals surface area contributed by atoms with E-state index >= 15 is 0 Å². The van der Waals surface area contributed by atoms with Crippen LogP contribution in [0.25, 0.3) is 21.9 Å². The number of benzene rings is 3. The van der Waals surface area contributed by atoms with Crippen LogP contribution in [-0.4, -0.2) is 0 Å². The van der Waals surface area contributed by atoms with Crippen molar-refractivity contribution in [3.05, 3.63) is 84.9 Å². The van der Waals surface area contributed by atoms with Gasteiger partial charge in [-0.3, -0.25) is 0 Å². The van der Waals surface area contributed by atoms with E-state index < -0.39 is 0 Å². The molecular weight excluding hydrogens is 228 g/mol. The Labute approximate surface area is 114 Å². The molecule has 0 radical (unpaired) electrons. The van der Waals surface area contributed by atoms with Crippen LogP contribution in [0.2, 0.25) is 0 Å². The largest absolute Gasteiger partial charge is 0.103 e. The van der Waals surface area contributed by atoms with Crippen LogP contribution in [0.5, 0.6) is 0 Å². The summed E-state index contributed by atoms with van der Waals surface area (Å²) < 4.78 is 0. The number of fused-ring (bicyclic) bond motifs is 1. The zero-order valence-electron chi connectivity index (χ0n) is 10.8. The molecule has 0 nitrogen and oxygen atoms in total. The molecular formula is C19H16. The third-order valence-electron chi connectivity index (χ3n) is 3.46. The molecule has 0 heterocycles. The maximum absolute atomic E-state index is 3.85. The lowest BCUT2D eigenvalue weighted by Crippen LogP contribution is -1.88. The van der Waals surface area contributed by atoms with Crippen molar-refractivity contribution >= 4 is 10.8 Å². The molecule has 0 atom stereocenters. The van der Waals surface area contributed by atoms with Gasteiger partial charge in [0.25, 0.3) is 0 Å². The number of hydrogen-bond donors (Lipinski definition) is 0. The molecule has 3 rings (SSSR count). The van der Waals surface area contributed by atoms with E-state index in [0.717, 1.165) is 6.42 Å². The second-order valence-electron chi connectivity index (χ2n) is 4.68. The Bertz CT molecular complexity index is 717. The highest BCUT2D eigenvalue weighted by molar-refractivity contribution is 5.97. The van der Waals surface area contributed by atoms with Crippen LogP contribution in [0.3, 0.4) is 0 Å². The molecule has 0 N–H and O–H groups in total. The highest BCUT2D eigenvalue weighted by atomic mass is 14.1. The van der Waals surface area contributed by atoms with E-state index in [1.807, 2.05) is 6.08 Å². The average molecular weight is 244 g/mol. The minimum absolute atomic E-state index is 0.902. The van der Waals surface area contributed by atoms with Crippen LogP contribution in [0.4, 0.5) is 0 Å². The van der Waals surface area contributed by atoms with E-state index in [9.17, 15) is 0 Å². The third-order valence-corrected chi connectivity index (χ3v) is 3.46. The Morgan fingerprint density at radius 3 is 2.32 bits per heavy atom. The lowest BCUT2D eigenvalue weighted by atomic mass is 9.93. The Kier molecular flexibility index (Phi) is 3.16. The first-order valence-corrected chi connectivity index (χ1v) is 6.57. The lowest BCUT2D eigenvalue weighted by molar-refractivity contribution is 1.28. The van der Waals surface area contributed by atoms with E-state index in [-0.39, 0.29) is 0 Å².